The van der Waals surface area contributed by atoms with Gasteiger partial charge < -0.3 is 15.5 Å². The van der Waals surface area contributed by atoms with Crippen molar-refractivity contribution in [2.24, 2.45) is 0 Å². The topological polar surface area (TPSA) is 70.2 Å². The Morgan fingerprint density at radius 2 is 1.72 bits per heavy atom. The van der Waals surface area contributed by atoms with Crippen molar-refractivity contribution < 1.29 is 4.79 Å². The van der Waals surface area contributed by atoms with Crippen LogP contribution >= 0.6 is 0 Å². The van der Waals surface area contributed by atoms with Crippen molar-refractivity contribution >= 4 is 23.2 Å². The first kappa shape index (κ1) is 20.5. The molecule has 6 heteroatoms. The number of nitrogens with zero attached hydrogens (tertiary/aromatic N) is 3. The highest BCUT2D eigenvalue weighted by Crippen LogP contribution is 2.24. The van der Waals surface area contributed by atoms with Gasteiger partial charge in [-0.05, 0) is 58.3 Å². The van der Waals surface area contributed by atoms with E-state index in [9.17, 15) is 4.79 Å². The molecule has 3 aromatic rings. The number of benzene rings is 2. The number of rotatable bonds is 9. The van der Waals surface area contributed by atoms with Crippen LogP contribution in [0.3, 0.4) is 0 Å². The lowest BCUT2D eigenvalue weighted by molar-refractivity contribution is 0.101. The maximum absolute atomic E-state index is 11.5. The predicted octanol–water partition coefficient (Wildman–Crippen LogP) is 4.45. The smallest absolute Gasteiger partial charge is 0.225 e. The van der Waals surface area contributed by atoms with Gasteiger partial charge in [0.05, 0.1) is 5.69 Å². The summed E-state index contributed by atoms with van der Waals surface area (Å²) in [6, 6.07) is 19.4. The van der Waals surface area contributed by atoms with Crippen LogP contribution in [0.2, 0.25) is 0 Å². The minimum absolute atomic E-state index is 0.0501. The minimum Gasteiger partial charge on any atom is -0.354 e. The Bertz CT molecular complexity index is 939. The molecule has 1 aromatic heterocycles. The van der Waals surface area contributed by atoms with Gasteiger partial charge in [0, 0.05) is 29.4 Å². The van der Waals surface area contributed by atoms with Gasteiger partial charge in [0.2, 0.25) is 5.95 Å². The van der Waals surface area contributed by atoms with Crippen LogP contribution in [0, 0.1) is 0 Å². The average molecular weight is 390 g/mol. The second-order valence-electron chi connectivity index (χ2n) is 7.17. The fourth-order valence-electron chi connectivity index (χ4n) is 2.88. The lowest BCUT2D eigenvalue weighted by atomic mass is 10.1. The van der Waals surface area contributed by atoms with Gasteiger partial charge in [-0.1, -0.05) is 30.3 Å². The van der Waals surface area contributed by atoms with Gasteiger partial charge in [-0.3, -0.25) is 4.79 Å². The average Bonchev–Trinajstić information content (AvgIpc) is 2.72. The number of aromatic nitrogens is 2. The molecule has 0 unspecified atom stereocenters. The molecule has 0 radical (unpaired) electrons. The molecule has 0 aliphatic heterocycles. The molecule has 0 aliphatic carbocycles. The van der Waals surface area contributed by atoms with E-state index in [1.807, 2.05) is 60.7 Å². The van der Waals surface area contributed by atoms with Crippen LogP contribution in [-0.2, 0) is 0 Å². The zero-order valence-corrected chi connectivity index (χ0v) is 17.1. The van der Waals surface area contributed by atoms with Gasteiger partial charge in [-0.2, -0.15) is 4.98 Å². The van der Waals surface area contributed by atoms with E-state index in [1.54, 1.807) is 6.92 Å². The third-order valence-electron chi connectivity index (χ3n) is 4.42. The number of hydrogen-bond acceptors (Lipinski definition) is 6. The molecule has 1 heterocycles. The van der Waals surface area contributed by atoms with E-state index in [1.165, 1.54) is 0 Å². The Morgan fingerprint density at radius 3 is 2.38 bits per heavy atom. The number of carbonyl (C=O) groups excluding carboxylic acids is 1. The fraction of sp³-hybridized carbons (Fsp3) is 0.261. The zero-order chi connectivity index (χ0) is 20.6. The Hall–Kier alpha value is -3.25. The molecule has 150 valence electrons. The molecule has 0 bridgehead atoms. The lowest BCUT2D eigenvalue weighted by Gasteiger charge is -2.13. The van der Waals surface area contributed by atoms with E-state index < -0.39 is 0 Å². The summed E-state index contributed by atoms with van der Waals surface area (Å²) >= 11 is 0. The maximum Gasteiger partial charge on any atom is 0.225 e. The molecule has 2 aromatic carbocycles. The minimum atomic E-state index is 0.0501. The number of nitrogens with one attached hydrogen (secondary N) is 2. The van der Waals surface area contributed by atoms with Gasteiger partial charge >= 0.3 is 0 Å². The largest absolute Gasteiger partial charge is 0.354 e. The quantitative estimate of drug-likeness (QED) is 0.416. The monoisotopic (exact) mass is 389 g/mol. The SMILES string of the molecule is CC(=O)c1ccc(Nc2cc(-c3ccccc3)nc(NCCCN(C)C)n2)cc1. The number of carbonyl (C=O) groups is 1. The van der Waals surface area contributed by atoms with Crippen LogP contribution < -0.4 is 10.6 Å². The highest BCUT2D eigenvalue weighted by molar-refractivity contribution is 5.94. The van der Waals surface area contributed by atoms with Gasteiger partial charge in [0.1, 0.15) is 5.82 Å². The van der Waals surface area contributed by atoms with E-state index in [0.717, 1.165) is 36.5 Å². The Morgan fingerprint density at radius 1 is 1.00 bits per heavy atom. The van der Waals surface area contributed by atoms with E-state index in [2.05, 4.69) is 39.6 Å². The summed E-state index contributed by atoms with van der Waals surface area (Å²) in [4.78, 5) is 22.9. The summed E-state index contributed by atoms with van der Waals surface area (Å²) in [6.07, 6.45) is 1.00. The number of hydrogen-bond donors (Lipinski definition) is 2. The number of Topliss-reactive ketones (excluding diaryl/α,β-unsaturated/α-hetero) is 1. The van der Waals surface area contributed by atoms with E-state index in [-0.39, 0.29) is 5.78 Å². The molecule has 0 fully saturated rings. The molecule has 6 nitrogen and oxygen atoms in total. The highest BCUT2D eigenvalue weighted by Gasteiger charge is 2.08. The van der Waals surface area contributed by atoms with E-state index in [0.29, 0.717) is 17.3 Å². The summed E-state index contributed by atoms with van der Waals surface area (Å²) in [7, 11) is 4.12. The van der Waals surface area contributed by atoms with Crippen LogP contribution in [0.1, 0.15) is 23.7 Å². The van der Waals surface area contributed by atoms with Crippen molar-refractivity contribution in [2.75, 3.05) is 37.8 Å². The summed E-state index contributed by atoms with van der Waals surface area (Å²) in [5.74, 6) is 1.34. The molecule has 0 atom stereocenters. The molecule has 0 saturated heterocycles. The molecule has 29 heavy (non-hydrogen) atoms. The Labute approximate surface area is 172 Å². The maximum atomic E-state index is 11.5. The van der Waals surface area contributed by atoms with Crippen molar-refractivity contribution in [3.8, 4) is 11.3 Å². The predicted molar refractivity (Wildman–Crippen MR) is 119 cm³/mol. The first-order valence-electron chi connectivity index (χ1n) is 9.72. The number of anilines is 3. The van der Waals surface area contributed by atoms with Crippen molar-refractivity contribution in [3.63, 3.8) is 0 Å². The summed E-state index contributed by atoms with van der Waals surface area (Å²) in [5, 5.41) is 6.65. The second kappa shape index (κ2) is 9.80. The zero-order valence-electron chi connectivity index (χ0n) is 17.1. The van der Waals surface area contributed by atoms with Crippen molar-refractivity contribution in [1.29, 1.82) is 0 Å². The van der Waals surface area contributed by atoms with Crippen LogP contribution in [0.4, 0.5) is 17.5 Å². The molecule has 2 N–H and O–H groups in total. The Balaban J connectivity index is 1.82. The van der Waals surface area contributed by atoms with Crippen molar-refractivity contribution in [2.45, 2.75) is 13.3 Å². The van der Waals surface area contributed by atoms with Gasteiger partial charge in [-0.15, -0.1) is 0 Å². The fourth-order valence-corrected chi connectivity index (χ4v) is 2.88. The van der Waals surface area contributed by atoms with Crippen molar-refractivity contribution in [3.05, 3.63) is 66.2 Å². The van der Waals surface area contributed by atoms with Crippen molar-refractivity contribution in [1.82, 2.24) is 14.9 Å². The summed E-state index contributed by atoms with van der Waals surface area (Å²) in [6.45, 7) is 3.36. The Kier molecular flexibility index (Phi) is 6.92. The molecule has 0 spiro atoms. The van der Waals surface area contributed by atoms with Gasteiger partial charge in [0.25, 0.3) is 0 Å². The van der Waals surface area contributed by atoms with Crippen LogP contribution in [0.5, 0.6) is 0 Å². The van der Waals surface area contributed by atoms with Gasteiger partial charge in [-0.25, -0.2) is 4.98 Å². The molecule has 0 saturated carbocycles. The molecular formula is C23H27N5O. The third-order valence-corrected chi connectivity index (χ3v) is 4.42. The second-order valence-corrected chi connectivity index (χ2v) is 7.17. The van der Waals surface area contributed by atoms with E-state index in [4.69, 9.17) is 0 Å². The normalized spacial score (nSPS) is 10.8. The summed E-state index contributed by atoms with van der Waals surface area (Å²) in [5.41, 5.74) is 3.43. The summed E-state index contributed by atoms with van der Waals surface area (Å²) < 4.78 is 0. The lowest BCUT2D eigenvalue weighted by Crippen LogP contribution is -2.17. The third kappa shape index (κ3) is 6.12. The molecule has 3 rings (SSSR count). The molecule has 0 amide bonds. The van der Waals surface area contributed by atoms with Gasteiger partial charge in [0.15, 0.2) is 5.78 Å². The highest BCUT2D eigenvalue weighted by atomic mass is 16.1. The van der Waals surface area contributed by atoms with E-state index >= 15 is 0 Å². The standard InChI is InChI=1S/C23H27N5O/c1-17(29)18-10-12-20(13-11-18)25-22-16-21(19-8-5-4-6-9-19)26-23(27-22)24-14-7-15-28(2)3/h4-6,8-13,16H,7,14-15H2,1-3H3,(H2,24,25,26,27). The number of ketones is 1. The van der Waals surface area contributed by atoms with Crippen LogP contribution in [0.25, 0.3) is 11.3 Å². The first-order valence-corrected chi connectivity index (χ1v) is 9.72. The van der Waals surface area contributed by atoms with Crippen LogP contribution in [0.15, 0.2) is 60.7 Å². The molecular weight excluding hydrogens is 362 g/mol. The van der Waals surface area contributed by atoms with Crippen LogP contribution in [-0.4, -0.2) is 47.8 Å². The first-order chi connectivity index (χ1) is 14.0. The molecule has 0 aliphatic rings.